The van der Waals surface area contributed by atoms with Crippen molar-refractivity contribution in [1.29, 1.82) is 0 Å². The molecule has 0 amide bonds. The molecule has 2 rings (SSSR count). The van der Waals surface area contributed by atoms with Crippen molar-refractivity contribution < 1.29 is 14.2 Å². The molecule has 1 saturated carbocycles. The molecule has 5 nitrogen and oxygen atoms in total. The zero-order chi connectivity index (χ0) is 16.7. The third-order valence-electron chi connectivity index (χ3n) is 4.02. The number of guanidine groups is 1. The number of para-hydroxylation sites is 1. The summed E-state index contributed by atoms with van der Waals surface area (Å²) in [6, 6.07) is 6.37. The Labute approximate surface area is 137 Å². The maximum atomic E-state index is 13.5. The van der Waals surface area contributed by atoms with Crippen LogP contribution in [0.25, 0.3) is 0 Å². The van der Waals surface area contributed by atoms with E-state index in [1.54, 1.807) is 18.2 Å². The molecule has 0 heterocycles. The number of hydrogen-bond donors (Lipinski definition) is 2. The van der Waals surface area contributed by atoms with Gasteiger partial charge in [-0.15, -0.1) is 0 Å². The van der Waals surface area contributed by atoms with E-state index in [-0.39, 0.29) is 11.6 Å². The second-order valence-corrected chi connectivity index (χ2v) is 5.95. The molecule has 0 aromatic heterocycles. The van der Waals surface area contributed by atoms with E-state index < -0.39 is 5.60 Å². The number of aliphatic imine (C=N–C) groups is 1. The Hall–Kier alpha value is -1.82. The number of aliphatic hydroxyl groups is 1. The molecular formula is C17H26FN3O2. The van der Waals surface area contributed by atoms with Crippen molar-refractivity contribution in [2.75, 3.05) is 33.3 Å². The summed E-state index contributed by atoms with van der Waals surface area (Å²) in [5, 5.41) is 13.3. The maximum Gasteiger partial charge on any atom is 0.193 e. The fourth-order valence-corrected chi connectivity index (χ4v) is 2.39. The molecule has 0 saturated heterocycles. The summed E-state index contributed by atoms with van der Waals surface area (Å²) in [6.07, 6.45) is 2.70. The molecule has 1 aromatic rings. The highest BCUT2D eigenvalue weighted by Crippen LogP contribution is 2.31. The highest BCUT2D eigenvalue weighted by atomic mass is 19.1. The molecule has 6 heteroatoms. The summed E-state index contributed by atoms with van der Waals surface area (Å²) in [7, 11) is 1.90. The second kappa shape index (κ2) is 8.15. The van der Waals surface area contributed by atoms with Gasteiger partial charge in [-0.1, -0.05) is 12.1 Å². The molecule has 0 atom stereocenters. The predicted octanol–water partition coefficient (Wildman–Crippen LogP) is 2.02. The molecule has 1 aliphatic rings. The minimum atomic E-state index is -0.634. The van der Waals surface area contributed by atoms with Crippen LogP contribution in [0.15, 0.2) is 29.3 Å². The average Bonchev–Trinajstić information content (AvgIpc) is 2.51. The number of nitrogens with one attached hydrogen (secondary N) is 1. The normalized spacial score (nSPS) is 16.6. The molecule has 128 valence electrons. The number of hydrogen-bond acceptors (Lipinski definition) is 3. The van der Waals surface area contributed by atoms with Gasteiger partial charge in [-0.25, -0.2) is 4.39 Å². The van der Waals surface area contributed by atoms with Crippen molar-refractivity contribution in [3.8, 4) is 5.75 Å². The van der Waals surface area contributed by atoms with Gasteiger partial charge in [0.05, 0.1) is 18.7 Å². The molecule has 0 aliphatic heterocycles. The van der Waals surface area contributed by atoms with E-state index in [2.05, 4.69) is 10.3 Å². The Kier molecular flexibility index (Phi) is 6.21. The molecule has 1 aliphatic carbocycles. The van der Waals surface area contributed by atoms with Crippen LogP contribution in [0.2, 0.25) is 0 Å². The first-order valence-corrected chi connectivity index (χ1v) is 8.13. The van der Waals surface area contributed by atoms with Gasteiger partial charge in [0.15, 0.2) is 17.5 Å². The predicted molar refractivity (Wildman–Crippen MR) is 89.3 cm³/mol. The van der Waals surface area contributed by atoms with Crippen LogP contribution in [0.1, 0.15) is 26.2 Å². The van der Waals surface area contributed by atoms with E-state index in [1.807, 2.05) is 18.9 Å². The van der Waals surface area contributed by atoms with Crippen LogP contribution in [0.4, 0.5) is 4.39 Å². The smallest absolute Gasteiger partial charge is 0.193 e. The zero-order valence-corrected chi connectivity index (χ0v) is 13.9. The third kappa shape index (κ3) is 5.10. The Morgan fingerprint density at radius 1 is 1.43 bits per heavy atom. The van der Waals surface area contributed by atoms with Crippen molar-refractivity contribution in [1.82, 2.24) is 10.2 Å². The van der Waals surface area contributed by atoms with Gasteiger partial charge in [-0.2, -0.15) is 0 Å². The molecule has 0 radical (unpaired) electrons. The molecule has 1 aromatic carbocycles. The number of rotatable bonds is 7. The van der Waals surface area contributed by atoms with Crippen LogP contribution in [-0.4, -0.2) is 54.9 Å². The Bertz CT molecular complexity index is 532. The topological polar surface area (TPSA) is 57.1 Å². The van der Waals surface area contributed by atoms with E-state index in [4.69, 9.17) is 4.74 Å². The summed E-state index contributed by atoms with van der Waals surface area (Å²) in [5.74, 6) is 0.625. The number of halogens is 1. The maximum absolute atomic E-state index is 13.5. The van der Waals surface area contributed by atoms with Gasteiger partial charge in [0, 0.05) is 13.6 Å². The molecule has 0 unspecified atom stereocenters. The van der Waals surface area contributed by atoms with Crippen molar-refractivity contribution in [3.63, 3.8) is 0 Å². The van der Waals surface area contributed by atoms with Crippen molar-refractivity contribution in [2.24, 2.45) is 4.99 Å². The SMILES string of the molecule is CCNC(=NCC1(O)CCC1)N(C)CCOc1ccccc1F. The Balaban J connectivity index is 1.84. The second-order valence-electron chi connectivity index (χ2n) is 5.95. The lowest BCUT2D eigenvalue weighted by Gasteiger charge is -2.35. The van der Waals surface area contributed by atoms with Crippen LogP contribution >= 0.6 is 0 Å². The number of likely N-dealkylation sites (N-methyl/N-ethyl adjacent to an activating group) is 1. The fourth-order valence-electron chi connectivity index (χ4n) is 2.39. The lowest BCUT2D eigenvalue weighted by atomic mass is 9.80. The highest BCUT2D eigenvalue weighted by Gasteiger charge is 2.34. The molecular weight excluding hydrogens is 297 g/mol. The van der Waals surface area contributed by atoms with Crippen LogP contribution < -0.4 is 10.1 Å². The summed E-state index contributed by atoms with van der Waals surface area (Å²) in [5.41, 5.74) is -0.634. The largest absolute Gasteiger partial charge is 0.489 e. The van der Waals surface area contributed by atoms with E-state index in [0.717, 1.165) is 31.8 Å². The van der Waals surface area contributed by atoms with Crippen LogP contribution in [0, 0.1) is 5.82 Å². The van der Waals surface area contributed by atoms with E-state index >= 15 is 0 Å². The van der Waals surface area contributed by atoms with Gasteiger partial charge < -0.3 is 20.1 Å². The highest BCUT2D eigenvalue weighted by molar-refractivity contribution is 5.79. The molecule has 1 fully saturated rings. The van der Waals surface area contributed by atoms with Crippen molar-refractivity contribution >= 4 is 5.96 Å². The summed E-state index contributed by atoms with van der Waals surface area (Å²) < 4.78 is 19.0. The van der Waals surface area contributed by atoms with Gasteiger partial charge >= 0.3 is 0 Å². The first kappa shape index (κ1) is 17.5. The van der Waals surface area contributed by atoms with Crippen LogP contribution in [0.5, 0.6) is 5.75 Å². The lowest BCUT2D eigenvalue weighted by Crippen LogP contribution is -2.44. The lowest BCUT2D eigenvalue weighted by molar-refractivity contribution is -0.0237. The van der Waals surface area contributed by atoms with E-state index in [9.17, 15) is 9.50 Å². The Morgan fingerprint density at radius 2 is 2.17 bits per heavy atom. The molecule has 23 heavy (non-hydrogen) atoms. The van der Waals surface area contributed by atoms with Gasteiger partial charge in [0.2, 0.25) is 0 Å². The number of benzene rings is 1. The first-order valence-electron chi connectivity index (χ1n) is 8.13. The van der Waals surface area contributed by atoms with E-state index in [0.29, 0.717) is 19.7 Å². The van der Waals surface area contributed by atoms with Crippen LogP contribution in [-0.2, 0) is 0 Å². The number of nitrogens with zero attached hydrogens (tertiary/aromatic N) is 2. The zero-order valence-electron chi connectivity index (χ0n) is 13.9. The van der Waals surface area contributed by atoms with Gasteiger partial charge in [-0.3, -0.25) is 4.99 Å². The van der Waals surface area contributed by atoms with Crippen LogP contribution in [0.3, 0.4) is 0 Å². The average molecular weight is 323 g/mol. The third-order valence-corrected chi connectivity index (χ3v) is 4.02. The minimum absolute atomic E-state index is 0.256. The summed E-state index contributed by atoms with van der Waals surface area (Å²) >= 11 is 0. The molecule has 0 spiro atoms. The van der Waals surface area contributed by atoms with Crippen molar-refractivity contribution in [3.05, 3.63) is 30.1 Å². The first-order chi connectivity index (χ1) is 11.0. The van der Waals surface area contributed by atoms with Crippen molar-refractivity contribution in [2.45, 2.75) is 31.8 Å². The monoisotopic (exact) mass is 323 g/mol. The quantitative estimate of drug-likeness (QED) is 0.595. The van der Waals surface area contributed by atoms with Gasteiger partial charge in [0.1, 0.15) is 6.61 Å². The standard InChI is InChI=1S/C17H26FN3O2/c1-3-19-16(20-13-17(22)9-6-10-17)21(2)11-12-23-15-8-5-4-7-14(15)18/h4-5,7-8,22H,3,6,9-13H2,1-2H3,(H,19,20). The molecule has 2 N–H and O–H groups in total. The van der Waals surface area contributed by atoms with Gasteiger partial charge in [0.25, 0.3) is 0 Å². The summed E-state index contributed by atoms with van der Waals surface area (Å²) in [6.45, 7) is 4.07. The fraction of sp³-hybridized carbons (Fsp3) is 0.588. The molecule has 0 bridgehead atoms. The number of ether oxygens (including phenoxy) is 1. The summed E-state index contributed by atoms with van der Waals surface area (Å²) in [4.78, 5) is 6.43. The van der Waals surface area contributed by atoms with E-state index in [1.165, 1.54) is 6.07 Å². The van der Waals surface area contributed by atoms with Gasteiger partial charge in [-0.05, 0) is 38.3 Å². The minimum Gasteiger partial charge on any atom is -0.489 e. The Morgan fingerprint density at radius 3 is 2.78 bits per heavy atom.